The summed E-state index contributed by atoms with van der Waals surface area (Å²) in [4.78, 5) is 11.3. The zero-order valence-corrected chi connectivity index (χ0v) is 16.4. The van der Waals surface area contributed by atoms with Crippen LogP contribution in [0, 0.1) is 52.3 Å². The highest BCUT2D eigenvalue weighted by molar-refractivity contribution is 5.53. The third kappa shape index (κ3) is 2.28. The van der Waals surface area contributed by atoms with E-state index in [2.05, 4.69) is 27.7 Å². The van der Waals surface area contributed by atoms with Gasteiger partial charge in [0.1, 0.15) is 6.29 Å². The van der Waals surface area contributed by atoms with Crippen LogP contribution in [0.1, 0.15) is 85.5 Å². The third-order valence-electron chi connectivity index (χ3n) is 9.78. The van der Waals surface area contributed by atoms with Gasteiger partial charge in [0.05, 0.1) is 0 Å². The van der Waals surface area contributed by atoms with Gasteiger partial charge in [0.25, 0.3) is 0 Å². The number of fused-ring (bicyclic) bond motifs is 5. The second kappa shape index (κ2) is 5.85. The van der Waals surface area contributed by atoms with Gasteiger partial charge in [-0.05, 0) is 104 Å². The van der Waals surface area contributed by atoms with Gasteiger partial charge in [0.2, 0.25) is 0 Å². The number of carbonyl (C=O) groups is 1. The molecule has 136 valence electrons. The van der Waals surface area contributed by atoms with Gasteiger partial charge in [0.15, 0.2) is 0 Å². The third-order valence-corrected chi connectivity index (χ3v) is 9.78. The van der Waals surface area contributed by atoms with E-state index in [0.717, 1.165) is 41.9 Å². The Morgan fingerprint density at radius 2 is 1.58 bits per heavy atom. The van der Waals surface area contributed by atoms with Gasteiger partial charge in [-0.25, -0.2) is 0 Å². The Balaban J connectivity index is 1.59. The molecule has 8 atom stereocenters. The van der Waals surface area contributed by atoms with Crippen LogP contribution in [0.2, 0.25) is 0 Å². The van der Waals surface area contributed by atoms with E-state index in [4.69, 9.17) is 0 Å². The molecule has 4 rings (SSSR count). The molecule has 0 saturated heterocycles. The van der Waals surface area contributed by atoms with E-state index in [1.54, 1.807) is 0 Å². The van der Waals surface area contributed by atoms with Crippen molar-refractivity contribution in [3.63, 3.8) is 0 Å². The highest BCUT2D eigenvalue weighted by Crippen LogP contribution is 2.68. The summed E-state index contributed by atoms with van der Waals surface area (Å²) in [6.45, 7) is 10.2. The maximum Gasteiger partial charge on any atom is 0.123 e. The van der Waals surface area contributed by atoms with Crippen molar-refractivity contribution in [1.29, 1.82) is 0 Å². The molecule has 0 aromatic carbocycles. The van der Waals surface area contributed by atoms with Crippen LogP contribution in [-0.2, 0) is 4.79 Å². The van der Waals surface area contributed by atoms with Gasteiger partial charge in [-0.2, -0.15) is 0 Å². The van der Waals surface area contributed by atoms with E-state index >= 15 is 0 Å². The van der Waals surface area contributed by atoms with Crippen molar-refractivity contribution < 1.29 is 4.79 Å². The lowest BCUT2D eigenvalue weighted by molar-refractivity contribution is -0.129. The van der Waals surface area contributed by atoms with Crippen LogP contribution in [0.25, 0.3) is 0 Å². The van der Waals surface area contributed by atoms with Crippen LogP contribution in [0.5, 0.6) is 0 Å². The zero-order chi connectivity index (χ0) is 17.1. The Kier molecular flexibility index (Phi) is 4.17. The van der Waals surface area contributed by atoms with Crippen LogP contribution in [-0.4, -0.2) is 6.29 Å². The molecule has 0 radical (unpaired) electrons. The molecule has 24 heavy (non-hydrogen) atoms. The van der Waals surface area contributed by atoms with Crippen molar-refractivity contribution >= 4 is 6.29 Å². The SMILES string of the molecule is CC(C)C1CCC2C3CCC4CC(C=O)CCC4(C)C3CC[C@]12C. The number of hydrogen-bond donors (Lipinski definition) is 0. The van der Waals surface area contributed by atoms with Crippen molar-refractivity contribution in [1.82, 2.24) is 0 Å². The van der Waals surface area contributed by atoms with E-state index in [-0.39, 0.29) is 0 Å². The molecule has 0 spiro atoms. The van der Waals surface area contributed by atoms with Crippen LogP contribution in [0.15, 0.2) is 0 Å². The quantitative estimate of drug-likeness (QED) is 0.558. The van der Waals surface area contributed by atoms with Gasteiger partial charge < -0.3 is 4.79 Å². The smallest absolute Gasteiger partial charge is 0.123 e. The monoisotopic (exact) mass is 330 g/mol. The van der Waals surface area contributed by atoms with Crippen molar-refractivity contribution in [2.24, 2.45) is 52.3 Å². The summed E-state index contributed by atoms with van der Waals surface area (Å²) in [6.07, 6.45) is 13.7. The molecule has 4 fully saturated rings. The van der Waals surface area contributed by atoms with E-state index in [9.17, 15) is 4.79 Å². The fourth-order valence-electron chi connectivity index (χ4n) is 8.55. The predicted molar refractivity (Wildman–Crippen MR) is 99.6 cm³/mol. The summed E-state index contributed by atoms with van der Waals surface area (Å²) in [7, 11) is 0. The van der Waals surface area contributed by atoms with Crippen molar-refractivity contribution in [3.8, 4) is 0 Å². The van der Waals surface area contributed by atoms with Gasteiger partial charge in [-0.15, -0.1) is 0 Å². The lowest BCUT2D eigenvalue weighted by Crippen LogP contribution is -2.53. The van der Waals surface area contributed by atoms with Crippen LogP contribution >= 0.6 is 0 Å². The Morgan fingerprint density at radius 3 is 2.29 bits per heavy atom. The average molecular weight is 331 g/mol. The van der Waals surface area contributed by atoms with Crippen LogP contribution < -0.4 is 0 Å². The molecule has 1 nitrogen and oxygen atoms in total. The molecule has 0 amide bonds. The average Bonchev–Trinajstić information content (AvgIpc) is 2.91. The van der Waals surface area contributed by atoms with Crippen molar-refractivity contribution in [3.05, 3.63) is 0 Å². The number of carbonyl (C=O) groups excluding carboxylic acids is 1. The Bertz CT molecular complexity index is 496. The summed E-state index contributed by atoms with van der Waals surface area (Å²) in [5.41, 5.74) is 1.16. The van der Waals surface area contributed by atoms with Gasteiger partial charge in [-0.3, -0.25) is 0 Å². The summed E-state index contributed by atoms with van der Waals surface area (Å²) < 4.78 is 0. The Labute approximate surface area is 149 Å². The summed E-state index contributed by atoms with van der Waals surface area (Å²) >= 11 is 0. The first-order valence-corrected chi connectivity index (χ1v) is 10.9. The van der Waals surface area contributed by atoms with Crippen molar-refractivity contribution in [2.75, 3.05) is 0 Å². The normalized spacial score (nSPS) is 54.0. The Morgan fingerprint density at radius 1 is 0.875 bits per heavy atom. The van der Waals surface area contributed by atoms with E-state index in [0.29, 0.717) is 16.7 Å². The second-order valence-electron chi connectivity index (χ2n) is 10.8. The first-order chi connectivity index (χ1) is 11.4. The topological polar surface area (TPSA) is 17.1 Å². The van der Waals surface area contributed by atoms with Crippen LogP contribution in [0.3, 0.4) is 0 Å². The highest BCUT2D eigenvalue weighted by atomic mass is 16.1. The molecular weight excluding hydrogens is 292 g/mol. The number of hydrogen-bond acceptors (Lipinski definition) is 1. The van der Waals surface area contributed by atoms with Gasteiger partial charge in [0, 0.05) is 5.92 Å². The molecule has 4 saturated carbocycles. The van der Waals surface area contributed by atoms with Crippen LogP contribution in [0.4, 0.5) is 0 Å². The Hall–Kier alpha value is -0.330. The fraction of sp³-hybridized carbons (Fsp3) is 0.957. The van der Waals surface area contributed by atoms with Crippen molar-refractivity contribution in [2.45, 2.75) is 85.5 Å². The summed E-state index contributed by atoms with van der Waals surface area (Å²) in [5.74, 6) is 5.94. The molecule has 0 aromatic heterocycles. The molecule has 0 aromatic rings. The minimum absolute atomic E-state index is 0.366. The number of aldehydes is 1. The summed E-state index contributed by atoms with van der Waals surface area (Å²) in [6, 6.07) is 0. The highest BCUT2D eigenvalue weighted by Gasteiger charge is 2.60. The molecule has 0 bridgehead atoms. The molecule has 4 aliphatic rings. The molecule has 0 heterocycles. The minimum Gasteiger partial charge on any atom is -0.303 e. The molecule has 0 N–H and O–H groups in total. The van der Waals surface area contributed by atoms with Gasteiger partial charge >= 0.3 is 0 Å². The molecule has 1 heteroatoms. The lowest BCUT2D eigenvalue weighted by Gasteiger charge is -2.61. The predicted octanol–water partition coefficient (Wildman–Crippen LogP) is 6.12. The first-order valence-electron chi connectivity index (χ1n) is 10.9. The van der Waals surface area contributed by atoms with E-state index in [1.165, 1.54) is 57.7 Å². The van der Waals surface area contributed by atoms with E-state index in [1.807, 2.05) is 0 Å². The lowest BCUT2D eigenvalue weighted by atomic mass is 9.44. The fourth-order valence-corrected chi connectivity index (χ4v) is 8.55. The van der Waals surface area contributed by atoms with Gasteiger partial charge in [-0.1, -0.05) is 27.7 Å². The summed E-state index contributed by atoms with van der Waals surface area (Å²) in [5, 5.41) is 0. The standard InChI is InChI=1S/C23H38O/c1-15(2)19-7-8-20-18-6-5-17-13-16(14-24)9-11-22(17,3)21(18)10-12-23(19,20)4/h14-21H,5-13H2,1-4H3/t16?,17?,18?,19?,20?,21?,22?,23-/m1/s1. The first kappa shape index (κ1) is 17.1. The molecule has 7 unspecified atom stereocenters. The maximum absolute atomic E-state index is 11.3. The minimum atomic E-state index is 0.366. The molecule has 4 aliphatic carbocycles. The maximum atomic E-state index is 11.3. The second-order valence-corrected chi connectivity index (χ2v) is 10.8. The largest absolute Gasteiger partial charge is 0.303 e. The molecule has 0 aliphatic heterocycles. The molecular formula is C23H38O. The van der Waals surface area contributed by atoms with E-state index < -0.39 is 0 Å². The number of rotatable bonds is 2. The zero-order valence-electron chi connectivity index (χ0n) is 16.4.